The van der Waals surface area contributed by atoms with E-state index in [9.17, 15) is 5.11 Å². The normalized spacial score (nSPS) is 28.0. The average Bonchev–Trinajstić information content (AvgIpc) is 2.84. The van der Waals surface area contributed by atoms with E-state index in [0.717, 1.165) is 11.6 Å². The van der Waals surface area contributed by atoms with Crippen LogP contribution in [0.3, 0.4) is 0 Å². The summed E-state index contributed by atoms with van der Waals surface area (Å²) in [5, 5.41) is 12.1. The van der Waals surface area contributed by atoms with E-state index in [-0.39, 0.29) is 18.1 Å². The molecule has 0 saturated carbocycles. The summed E-state index contributed by atoms with van der Waals surface area (Å²) in [6.45, 7) is 6.90. The van der Waals surface area contributed by atoms with E-state index in [1.54, 1.807) is 0 Å². The maximum atomic E-state index is 10.6. The molecule has 4 atom stereocenters. The highest BCUT2D eigenvalue weighted by Crippen LogP contribution is 2.40. The molecule has 0 unspecified atom stereocenters. The van der Waals surface area contributed by atoms with Gasteiger partial charge in [-0.25, -0.2) is 0 Å². The van der Waals surface area contributed by atoms with Crippen LogP contribution in [0.4, 0.5) is 0 Å². The highest BCUT2D eigenvalue weighted by atomic mass is 28.3. The van der Waals surface area contributed by atoms with E-state index in [4.69, 9.17) is 4.74 Å². The van der Waals surface area contributed by atoms with Gasteiger partial charge in [0.15, 0.2) is 0 Å². The van der Waals surface area contributed by atoms with Gasteiger partial charge < -0.3 is 9.84 Å². The summed E-state index contributed by atoms with van der Waals surface area (Å²) in [4.78, 5) is 0. The Hall–Kier alpha value is -1.42. The van der Waals surface area contributed by atoms with Crippen molar-refractivity contribution < 1.29 is 9.84 Å². The summed E-state index contributed by atoms with van der Waals surface area (Å²) in [6.07, 6.45) is -0.503. The number of hydrogen-bond donors (Lipinski definition) is 1. The molecule has 122 valence electrons. The van der Waals surface area contributed by atoms with Crippen LogP contribution in [0.15, 0.2) is 60.7 Å². The molecule has 1 aliphatic heterocycles. The van der Waals surface area contributed by atoms with Crippen molar-refractivity contribution in [3.8, 4) is 0 Å². The predicted molar refractivity (Wildman–Crippen MR) is 97.6 cm³/mol. The van der Waals surface area contributed by atoms with Crippen molar-refractivity contribution in [2.45, 2.75) is 44.4 Å². The first-order valence-electron chi connectivity index (χ1n) is 8.43. The molecule has 1 aliphatic rings. The Balaban J connectivity index is 1.76. The second-order valence-electron chi connectivity index (χ2n) is 7.31. The fourth-order valence-corrected chi connectivity index (χ4v) is 6.36. The second-order valence-corrected chi connectivity index (χ2v) is 12.1. The minimum absolute atomic E-state index is 0.122. The van der Waals surface area contributed by atoms with E-state index in [0.29, 0.717) is 0 Å². The first kappa shape index (κ1) is 16.4. The lowest BCUT2D eigenvalue weighted by atomic mass is 9.96. The molecule has 0 spiro atoms. The van der Waals surface area contributed by atoms with Crippen molar-refractivity contribution in [2.24, 2.45) is 5.92 Å². The molecule has 0 aliphatic carbocycles. The maximum absolute atomic E-state index is 10.6. The lowest BCUT2D eigenvalue weighted by Gasteiger charge is -2.28. The molecule has 0 bridgehead atoms. The van der Waals surface area contributed by atoms with Crippen molar-refractivity contribution >= 4 is 13.3 Å². The van der Waals surface area contributed by atoms with E-state index in [1.807, 2.05) is 30.3 Å². The van der Waals surface area contributed by atoms with Crippen molar-refractivity contribution in [2.75, 3.05) is 0 Å². The number of benzene rings is 2. The molecule has 2 aromatic carbocycles. The summed E-state index contributed by atoms with van der Waals surface area (Å²) in [5.74, 6) is 0.163. The Bertz CT molecular complexity index is 627. The number of ether oxygens (including phenoxy) is 1. The van der Waals surface area contributed by atoms with Gasteiger partial charge in [0.05, 0.1) is 20.3 Å². The number of aliphatic hydroxyl groups excluding tert-OH is 1. The summed E-state index contributed by atoms with van der Waals surface area (Å²) in [5.41, 5.74) is 1.08. The lowest BCUT2D eigenvalue weighted by molar-refractivity contribution is 0.0148. The first-order valence-corrected chi connectivity index (χ1v) is 11.6. The van der Waals surface area contributed by atoms with Gasteiger partial charge in [0, 0.05) is 5.92 Å². The van der Waals surface area contributed by atoms with Crippen LogP contribution in [0.25, 0.3) is 0 Å². The van der Waals surface area contributed by atoms with Gasteiger partial charge in [0.2, 0.25) is 0 Å². The summed E-state index contributed by atoms with van der Waals surface area (Å²) in [6, 6.07) is 21.9. The molecule has 0 radical (unpaired) electrons. The van der Waals surface area contributed by atoms with Crippen LogP contribution in [0.5, 0.6) is 0 Å². The van der Waals surface area contributed by atoms with Gasteiger partial charge in [-0.15, -0.1) is 0 Å². The van der Waals surface area contributed by atoms with Gasteiger partial charge >= 0.3 is 0 Å². The van der Waals surface area contributed by atoms with Gasteiger partial charge in [-0.3, -0.25) is 0 Å². The molecule has 2 aromatic rings. The van der Waals surface area contributed by atoms with Gasteiger partial charge in [0.1, 0.15) is 6.10 Å². The molecule has 1 fully saturated rings. The Morgan fingerprint density at radius 2 is 1.52 bits per heavy atom. The minimum atomic E-state index is -1.58. The number of hydrogen-bond acceptors (Lipinski definition) is 2. The lowest BCUT2D eigenvalue weighted by Crippen LogP contribution is -2.45. The predicted octanol–water partition coefficient (Wildman–Crippen LogP) is 3.74. The molecule has 0 aromatic heterocycles. The quantitative estimate of drug-likeness (QED) is 0.867. The largest absolute Gasteiger partial charge is 0.390 e. The minimum Gasteiger partial charge on any atom is -0.390 e. The van der Waals surface area contributed by atoms with E-state index in [2.05, 4.69) is 50.3 Å². The first-order chi connectivity index (χ1) is 11.0. The van der Waals surface area contributed by atoms with E-state index >= 15 is 0 Å². The van der Waals surface area contributed by atoms with Crippen LogP contribution in [0.1, 0.15) is 18.6 Å². The van der Waals surface area contributed by atoms with Gasteiger partial charge in [-0.1, -0.05) is 85.9 Å². The smallest absolute Gasteiger partial charge is 0.109 e. The Labute approximate surface area is 140 Å². The van der Waals surface area contributed by atoms with Crippen LogP contribution in [0.2, 0.25) is 19.1 Å². The second kappa shape index (κ2) is 6.60. The van der Waals surface area contributed by atoms with Gasteiger partial charge in [-0.05, 0) is 11.6 Å². The van der Waals surface area contributed by atoms with Crippen molar-refractivity contribution in [3.63, 3.8) is 0 Å². The summed E-state index contributed by atoms with van der Waals surface area (Å²) >= 11 is 0. The number of aliphatic hydroxyl groups is 1. The third kappa shape index (κ3) is 3.42. The van der Waals surface area contributed by atoms with Crippen LogP contribution in [-0.2, 0) is 4.74 Å². The molecular formula is C20H26O2Si. The Morgan fingerprint density at radius 3 is 2.13 bits per heavy atom. The molecule has 2 nitrogen and oxygen atoms in total. The van der Waals surface area contributed by atoms with Crippen LogP contribution >= 0.6 is 0 Å². The van der Waals surface area contributed by atoms with E-state index < -0.39 is 14.2 Å². The topological polar surface area (TPSA) is 29.5 Å². The zero-order valence-corrected chi connectivity index (χ0v) is 15.1. The Morgan fingerprint density at radius 1 is 0.957 bits per heavy atom. The molecule has 1 saturated heterocycles. The summed E-state index contributed by atoms with van der Waals surface area (Å²) < 4.78 is 6.31. The molecule has 3 rings (SSSR count). The monoisotopic (exact) mass is 326 g/mol. The third-order valence-electron chi connectivity index (χ3n) is 5.15. The highest BCUT2D eigenvalue weighted by Gasteiger charge is 2.44. The van der Waals surface area contributed by atoms with Crippen molar-refractivity contribution in [1.82, 2.24) is 0 Å². The summed E-state index contributed by atoms with van der Waals surface area (Å²) in [7, 11) is -1.58. The van der Waals surface area contributed by atoms with Crippen LogP contribution in [-0.4, -0.2) is 25.4 Å². The highest BCUT2D eigenvalue weighted by molar-refractivity contribution is 6.89. The Kier molecular flexibility index (Phi) is 4.71. The zero-order valence-electron chi connectivity index (χ0n) is 14.1. The molecule has 1 heterocycles. The number of rotatable bonds is 4. The van der Waals surface area contributed by atoms with E-state index in [1.165, 1.54) is 5.19 Å². The fourth-order valence-electron chi connectivity index (χ4n) is 3.55. The third-order valence-corrected chi connectivity index (χ3v) is 8.47. The van der Waals surface area contributed by atoms with Gasteiger partial charge in [0.25, 0.3) is 0 Å². The van der Waals surface area contributed by atoms with Crippen LogP contribution < -0.4 is 5.19 Å². The zero-order chi connectivity index (χ0) is 16.4. The van der Waals surface area contributed by atoms with Crippen molar-refractivity contribution in [3.05, 3.63) is 66.2 Å². The molecule has 0 amide bonds. The molecule has 23 heavy (non-hydrogen) atoms. The maximum Gasteiger partial charge on any atom is 0.109 e. The molecule has 3 heteroatoms. The average molecular weight is 327 g/mol. The SMILES string of the molecule is C[C@H]1[C@H](O)[C@H](c2ccccc2)O[C@@H]1C[Si](C)(C)c1ccccc1. The van der Waals surface area contributed by atoms with Gasteiger partial charge in [-0.2, -0.15) is 0 Å². The molecular weight excluding hydrogens is 300 g/mol. The molecule has 1 N–H and O–H groups in total. The standard InChI is InChI=1S/C20H26O2Si/c1-15-18(14-23(2,3)17-12-8-5-9-13-17)22-20(19(15)21)16-10-6-4-7-11-16/h4-13,15,18-21H,14H2,1-3H3/t15-,18-,19+,20+/m1/s1. The van der Waals surface area contributed by atoms with Crippen molar-refractivity contribution in [1.29, 1.82) is 0 Å². The van der Waals surface area contributed by atoms with Crippen LogP contribution in [0, 0.1) is 5.92 Å². The fraction of sp³-hybridized carbons (Fsp3) is 0.400.